The number of carboxylic acids is 1. The smallest absolute Gasteiger partial charge is 0.354 e. The number of aliphatic hydroxyl groups excluding tert-OH is 1. The quantitative estimate of drug-likeness (QED) is 0.831. The van der Waals surface area contributed by atoms with Crippen LogP contribution < -0.4 is 0 Å². The molecule has 2 rings (SSSR count). The van der Waals surface area contributed by atoms with Crippen molar-refractivity contribution in [1.29, 1.82) is 0 Å². The van der Waals surface area contributed by atoms with E-state index in [9.17, 15) is 22.4 Å². The summed E-state index contributed by atoms with van der Waals surface area (Å²) in [5.74, 6) is -2.15. The lowest BCUT2D eigenvalue weighted by Gasteiger charge is -2.16. The van der Waals surface area contributed by atoms with Gasteiger partial charge in [0.2, 0.25) is 6.30 Å². The second kappa shape index (κ2) is 6.14. The van der Waals surface area contributed by atoms with Crippen molar-refractivity contribution >= 4 is 5.97 Å². The molecule has 2 N–H and O–H groups in total. The highest BCUT2D eigenvalue weighted by Gasteiger charge is 2.33. The van der Waals surface area contributed by atoms with Crippen molar-refractivity contribution < 1.29 is 32.6 Å². The number of hydrogen-bond donors (Lipinski definition) is 2. The molecule has 2 atom stereocenters. The van der Waals surface area contributed by atoms with Crippen molar-refractivity contribution in [3.8, 4) is 11.3 Å². The lowest BCUT2D eigenvalue weighted by Crippen LogP contribution is -2.30. The molecule has 0 saturated heterocycles. The first-order valence-electron chi connectivity index (χ1n) is 6.00. The predicted octanol–water partition coefficient (Wildman–Crippen LogP) is 2.48. The van der Waals surface area contributed by atoms with Gasteiger partial charge in [0.1, 0.15) is 11.5 Å². The van der Waals surface area contributed by atoms with Crippen LogP contribution in [0.15, 0.2) is 30.3 Å². The lowest BCUT2D eigenvalue weighted by molar-refractivity contribution is -0.0761. The Morgan fingerprint density at radius 3 is 2.27 bits per heavy atom. The number of aliphatic hydroxyl groups is 1. The van der Waals surface area contributed by atoms with Crippen molar-refractivity contribution in [3.63, 3.8) is 0 Å². The lowest BCUT2D eigenvalue weighted by atomic mass is 10.1. The third-order valence-electron chi connectivity index (χ3n) is 2.87. The molecular weight excluding hydrogens is 308 g/mol. The number of alkyl halides is 3. The fourth-order valence-electron chi connectivity index (χ4n) is 1.77. The number of hydrogen-bond acceptors (Lipinski definition) is 3. The van der Waals surface area contributed by atoms with Crippen LogP contribution in [0.5, 0.6) is 0 Å². The van der Waals surface area contributed by atoms with Gasteiger partial charge in [-0.3, -0.25) is 0 Å². The topological polar surface area (TPSA) is 75.3 Å². The SMILES string of the molecule is O=C(O)c1cc(-c2ccc(F)cc2)nn1C(F)C(O)C(F)F. The van der Waals surface area contributed by atoms with Crippen LogP contribution in [0.1, 0.15) is 16.8 Å². The second-order valence-electron chi connectivity index (χ2n) is 4.37. The summed E-state index contributed by atoms with van der Waals surface area (Å²) in [7, 11) is 0. The Labute approximate surface area is 121 Å². The number of benzene rings is 1. The Kier molecular flexibility index (Phi) is 4.45. The molecule has 1 heterocycles. The van der Waals surface area contributed by atoms with Crippen LogP contribution in [0.3, 0.4) is 0 Å². The number of aromatic carboxylic acids is 1. The van der Waals surface area contributed by atoms with Gasteiger partial charge in [0.15, 0.2) is 6.10 Å². The highest BCUT2D eigenvalue weighted by molar-refractivity contribution is 5.87. The van der Waals surface area contributed by atoms with Gasteiger partial charge in [0.05, 0.1) is 5.69 Å². The highest BCUT2D eigenvalue weighted by atomic mass is 19.3. The number of nitrogens with zero attached hydrogens (tertiary/aromatic N) is 2. The van der Waals surface area contributed by atoms with Crippen LogP contribution in [-0.2, 0) is 0 Å². The molecular formula is C13H10F4N2O3. The van der Waals surface area contributed by atoms with Crippen LogP contribution in [0.4, 0.5) is 17.6 Å². The van der Waals surface area contributed by atoms with E-state index in [1.165, 1.54) is 12.1 Å². The summed E-state index contributed by atoms with van der Waals surface area (Å²) < 4.78 is 51.5. The number of rotatable bonds is 5. The molecule has 0 bridgehead atoms. The first-order chi connectivity index (χ1) is 10.3. The molecule has 118 valence electrons. The van der Waals surface area contributed by atoms with E-state index in [0.717, 1.165) is 18.2 Å². The highest BCUT2D eigenvalue weighted by Crippen LogP contribution is 2.25. The Balaban J connectivity index is 2.46. The van der Waals surface area contributed by atoms with E-state index in [1.807, 2.05) is 0 Å². The van der Waals surface area contributed by atoms with Gasteiger partial charge in [0, 0.05) is 5.56 Å². The Bertz CT molecular complexity index is 672. The minimum atomic E-state index is -3.41. The molecule has 5 nitrogen and oxygen atoms in total. The van der Waals surface area contributed by atoms with Gasteiger partial charge in [-0.05, 0) is 30.3 Å². The minimum Gasteiger partial charge on any atom is -0.477 e. The van der Waals surface area contributed by atoms with E-state index >= 15 is 0 Å². The summed E-state index contributed by atoms with van der Waals surface area (Å²) in [5.41, 5.74) is -0.505. The summed E-state index contributed by atoms with van der Waals surface area (Å²) in [4.78, 5) is 11.1. The van der Waals surface area contributed by atoms with Crippen molar-refractivity contribution in [3.05, 3.63) is 41.8 Å². The van der Waals surface area contributed by atoms with E-state index in [1.54, 1.807) is 0 Å². The molecule has 2 aromatic rings. The van der Waals surface area contributed by atoms with Gasteiger partial charge in [0.25, 0.3) is 6.43 Å². The molecule has 0 saturated carbocycles. The zero-order valence-corrected chi connectivity index (χ0v) is 10.8. The van der Waals surface area contributed by atoms with Crippen molar-refractivity contribution in [1.82, 2.24) is 9.78 Å². The maximum Gasteiger partial charge on any atom is 0.354 e. The van der Waals surface area contributed by atoms with Crippen molar-refractivity contribution in [2.75, 3.05) is 0 Å². The molecule has 0 spiro atoms. The zero-order chi connectivity index (χ0) is 16.4. The van der Waals surface area contributed by atoms with Gasteiger partial charge >= 0.3 is 5.97 Å². The molecule has 22 heavy (non-hydrogen) atoms. The van der Waals surface area contributed by atoms with Crippen LogP contribution >= 0.6 is 0 Å². The molecule has 9 heteroatoms. The molecule has 0 aliphatic heterocycles. The Morgan fingerprint density at radius 1 is 1.18 bits per heavy atom. The third-order valence-corrected chi connectivity index (χ3v) is 2.87. The molecule has 0 fully saturated rings. The molecule has 0 aliphatic carbocycles. The molecule has 2 unspecified atom stereocenters. The van der Waals surface area contributed by atoms with Gasteiger partial charge < -0.3 is 10.2 Å². The first kappa shape index (κ1) is 16.0. The first-order valence-corrected chi connectivity index (χ1v) is 6.00. The van der Waals surface area contributed by atoms with Crippen molar-refractivity contribution in [2.45, 2.75) is 18.8 Å². The third kappa shape index (κ3) is 3.08. The van der Waals surface area contributed by atoms with E-state index in [4.69, 9.17) is 10.2 Å². The summed E-state index contributed by atoms with van der Waals surface area (Å²) in [6.45, 7) is 0. The van der Waals surface area contributed by atoms with Gasteiger partial charge in [-0.15, -0.1) is 0 Å². The molecule has 0 amide bonds. The van der Waals surface area contributed by atoms with Crippen LogP contribution in [-0.4, -0.2) is 38.5 Å². The number of aromatic nitrogens is 2. The maximum atomic E-state index is 13.8. The van der Waals surface area contributed by atoms with E-state index < -0.39 is 36.3 Å². The van der Waals surface area contributed by atoms with Gasteiger partial charge in [-0.1, -0.05) is 0 Å². The maximum absolute atomic E-state index is 13.8. The fraction of sp³-hybridized carbons (Fsp3) is 0.231. The predicted molar refractivity (Wildman–Crippen MR) is 66.7 cm³/mol. The average Bonchev–Trinajstić information content (AvgIpc) is 2.91. The van der Waals surface area contributed by atoms with E-state index in [2.05, 4.69) is 5.10 Å². The monoisotopic (exact) mass is 318 g/mol. The van der Waals surface area contributed by atoms with Crippen LogP contribution in [0.25, 0.3) is 11.3 Å². The Morgan fingerprint density at radius 2 is 1.77 bits per heavy atom. The average molecular weight is 318 g/mol. The fourth-order valence-corrected chi connectivity index (χ4v) is 1.77. The molecule has 1 aromatic carbocycles. The molecule has 1 aromatic heterocycles. The second-order valence-corrected chi connectivity index (χ2v) is 4.37. The van der Waals surface area contributed by atoms with Gasteiger partial charge in [-0.2, -0.15) is 5.10 Å². The van der Waals surface area contributed by atoms with E-state index in [-0.39, 0.29) is 15.9 Å². The van der Waals surface area contributed by atoms with Crippen molar-refractivity contribution in [2.24, 2.45) is 0 Å². The van der Waals surface area contributed by atoms with Crippen LogP contribution in [0.2, 0.25) is 0 Å². The number of carbonyl (C=O) groups is 1. The minimum absolute atomic E-state index is 0.0542. The summed E-state index contributed by atoms with van der Waals surface area (Å²) in [6.07, 6.45) is -8.87. The Hall–Kier alpha value is -2.42. The largest absolute Gasteiger partial charge is 0.477 e. The van der Waals surface area contributed by atoms with E-state index in [0.29, 0.717) is 0 Å². The standard InChI is InChI=1S/C13H10F4N2O3/c14-7-3-1-6(2-4-7)8-5-9(13(21)22)19(18-8)12(17)10(20)11(15)16/h1-5,10-12,20H,(H,21,22). The number of halogens is 4. The van der Waals surface area contributed by atoms with Crippen LogP contribution in [0, 0.1) is 5.82 Å². The van der Waals surface area contributed by atoms with Gasteiger partial charge in [-0.25, -0.2) is 27.0 Å². The normalized spacial score (nSPS) is 14.1. The zero-order valence-electron chi connectivity index (χ0n) is 10.8. The summed E-state index contributed by atoms with van der Waals surface area (Å²) in [5, 5.41) is 21.6. The molecule has 0 aliphatic rings. The molecule has 0 radical (unpaired) electrons. The summed E-state index contributed by atoms with van der Waals surface area (Å²) in [6, 6.07) is 5.64. The summed E-state index contributed by atoms with van der Waals surface area (Å²) >= 11 is 0. The number of carboxylic acid groups (broad SMARTS) is 1.